The van der Waals surface area contributed by atoms with Gasteiger partial charge in [0.25, 0.3) is 0 Å². The van der Waals surface area contributed by atoms with Crippen LogP contribution < -0.4 is 15.4 Å². The summed E-state index contributed by atoms with van der Waals surface area (Å²) in [6.07, 6.45) is 6.86. The fraction of sp³-hybridized carbons (Fsp3) is 0.414. The van der Waals surface area contributed by atoms with Gasteiger partial charge in [-0.15, -0.1) is 0 Å². The minimum absolute atomic E-state index is 0.142. The first-order chi connectivity index (χ1) is 17.1. The molecule has 0 spiro atoms. The Morgan fingerprint density at radius 1 is 1.03 bits per heavy atom. The number of benzene rings is 3. The number of hydrogen-bond acceptors (Lipinski definition) is 3. The van der Waals surface area contributed by atoms with Gasteiger partial charge in [0, 0.05) is 34.2 Å². The van der Waals surface area contributed by atoms with Crippen LogP contribution in [0.2, 0.25) is 5.02 Å². The van der Waals surface area contributed by atoms with Crippen molar-refractivity contribution in [2.24, 2.45) is 5.92 Å². The van der Waals surface area contributed by atoms with Crippen LogP contribution in [-0.2, 0) is 6.42 Å². The molecule has 3 aromatic rings. The molecular formula is C29H34ClN3O2. The van der Waals surface area contributed by atoms with E-state index in [1.165, 1.54) is 18.4 Å². The molecule has 0 radical (unpaired) electrons. The van der Waals surface area contributed by atoms with Gasteiger partial charge in [-0.1, -0.05) is 48.0 Å². The van der Waals surface area contributed by atoms with Crippen LogP contribution in [0.25, 0.3) is 10.8 Å². The van der Waals surface area contributed by atoms with Crippen LogP contribution in [0.15, 0.2) is 60.7 Å². The van der Waals surface area contributed by atoms with Crippen LogP contribution in [-0.4, -0.2) is 43.2 Å². The third-order valence-electron chi connectivity index (χ3n) is 7.65. The zero-order valence-electron chi connectivity index (χ0n) is 20.3. The Morgan fingerprint density at radius 2 is 1.80 bits per heavy atom. The number of carbonyl (C=O) groups excluding carboxylic acids is 1. The van der Waals surface area contributed by atoms with Gasteiger partial charge < -0.3 is 15.4 Å². The van der Waals surface area contributed by atoms with Crippen molar-refractivity contribution in [1.29, 1.82) is 0 Å². The van der Waals surface area contributed by atoms with Gasteiger partial charge in [-0.25, -0.2) is 4.79 Å². The number of anilines is 1. The number of hydrogen-bond donors (Lipinski definition) is 2. The van der Waals surface area contributed by atoms with Crippen LogP contribution in [0.5, 0.6) is 5.75 Å². The van der Waals surface area contributed by atoms with Crippen molar-refractivity contribution in [1.82, 2.24) is 10.2 Å². The SMILES string of the molecule is COc1cc(NC(=O)NC2CCCC2N2CCC(Cc3ccc(Cl)cc3)CC2)cc2ccccc12. The highest BCUT2D eigenvalue weighted by Gasteiger charge is 2.35. The van der Waals surface area contributed by atoms with Crippen LogP contribution in [0.3, 0.4) is 0 Å². The van der Waals surface area contributed by atoms with Crippen LogP contribution >= 0.6 is 11.6 Å². The molecule has 0 bridgehead atoms. The van der Waals surface area contributed by atoms with Crippen molar-refractivity contribution in [2.45, 2.75) is 50.6 Å². The molecule has 2 atom stereocenters. The third kappa shape index (κ3) is 5.74. The van der Waals surface area contributed by atoms with E-state index in [1.54, 1.807) is 7.11 Å². The molecule has 1 saturated heterocycles. The smallest absolute Gasteiger partial charge is 0.319 e. The van der Waals surface area contributed by atoms with Gasteiger partial charge in [0.05, 0.1) is 7.11 Å². The minimum atomic E-state index is -0.142. The zero-order chi connectivity index (χ0) is 24.2. The number of urea groups is 1. The van der Waals surface area contributed by atoms with Crippen molar-refractivity contribution < 1.29 is 9.53 Å². The van der Waals surface area contributed by atoms with E-state index in [0.717, 1.165) is 66.0 Å². The molecule has 35 heavy (non-hydrogen) atoms. The summed E-state index contributed by atoms with van der Waals surface area (Å²) in [5.41, 5.74) is 2.12. The minimum Gasteiger partial charge on any atom is -0.496 e. The lowest BCUT2D eigenvalue weighted by atomic mass is 9.89. The topological polar surface area (TPSA) is 53.6 Å². The number of piperidine rings is 1. The van der Waals surface area contributed by atoms with Gasteiger partial charge in [-0.2, -0.15) is 0 Å². The van der Waals surface area contributed by atoms with Gasteiger partial charge >= 0.3 is 6.03 Å². The van der Waals surface area contributed by atoms with Gasteiger partial charge in [0.2, 0.25) is 0 Å². The largest absolute Gasteiger partial charge is 0.496 e. The molecule has 3 aromatic carbocycles. The molecule has 5 rings (SSSR count). The molecule has 2 fully saturated rings. The molecule has 1 heterocycles. The fourth-order valence-corrected chi connectivity index (χ4v) is 5.97. The standard InChI is InChI=1S/C29H34ClN3O2/c1-35-28-19-24(18-22-5-2-3-6-25(22)28)31-29(34)32-26-7-4-8-27(26)33-15-13-21(14-16-33)17-20-9-11-23(30)12-10-20/h2-3,5-6,9-12,18-19,21,26-27H,4,7-8,13-17H2,1H3,(H2,31,32,34). The molecule has 2 unspecified atom stereocenters. The van der Waals surface area contributed by atoms with Crippen molar-refractivity contribution in [3.63, 3.8) is 0 Å². The van der Waals surface area contributed by atoms with E-state index < -0.39 is 0 Å². The van der Waals surface area contributed by atoms with Crippen molar-refractivity contribution in [2.75, 3.05) is 25.5 Å². The first-order valence-electron chi connectivity index (χ1n) is 12.7. The van der Waals surface area contributed by atoms with E-state index in [4.69, 9.17) is 16.3 Å². The second kappa shape index (κ2) is 10.9. The Balaban J connectivity index is 1.16. The number of rotatable bonds is 6. The van der Waals surface area contributed by atoms with E-state index in [-0.39, 0.29) is 12.1 Å². The summed E-state index contributed by atoms with van der Waals surface area (Å²) in [6.45, 7) is 2.20. The molecule has 2 aliphatic rings. The Hall–Kier alpha value is -2.76. The maximum absolute atomic E-state index is 12.9. The predicted molar refractivity (Wildman–Crippen MR) is 144 cm³/mol. The molecule has 184 valence electrons. The number of nitrogens with zero attached hydrogens (tertiary/aromatic N) is 1. The summed E-state index contributed by atoms with van der Waals surface area (Å²) < 4.78 is 5.55. The lowest BCUT2D eigenvalue weighted by Gasteiger charge is -2.38. The van der Waals surface area contributed by atoms with Crippen molar-refractivity contribution >= 4 is 34.1 Å². The molecule has 1 aliphatic heterocycles. The van der Waals surface area contributed by atoms with Gasteiger partial charge in [0.15, 0.2) is 0 Å². The lowest BCUT2D eigenvalue weighted by molar-refractivity contribution is 0.119. The second-order valence-electron chi connectivity index (χ2n) is 9.91. The first-order valence-corrected chi connectivity index (χ1v) is 13.1. The van der Waals surface area contributed by atoms with Gasteiger partial charge in [-0.05, 0) is 86.7 Å². The molecule has 0 aromatic heterocycles. The predicted octanol–water partition coefficient (Wildman–Crippen LogP) is 6.50. The van der Waals surface area contributed by atoms with E-state index in [9.17, 15) is 4.79 Å². The van der Waals surface area contributed by atoms with E-state index in [2.05, 4.69) is 27.7 Å². The van der Waals surface area contributed by atoms with E-state index in [1.807, 2.05) is 48.5 Å². The Morgan fingerprint density at radius 3 is 2.57 bits per heavy atom. The highest BCUT2D eigenvalue weighted by Crippen LogP contribution is 2.31. The summed E-state index contributed by atoms with van der Waals surface area (Å²) in [7, 11) is 1.66. The number of methoxy groups -OCH3 is 1. The number of halogens is 1. The summed E-state index contributed by atoms with van der Waals surface area (Å²) >= 11 is 6.03. The third-order valence-corrected chi connectivity index (χ3v) is 7.91. The number of ether oxygens (including phenoxy) is 1. The molecule has 1 aliphatic carbocycles. The number of fused-ring (bicyclic) bond motifs is 1. The normalized spacial score (nSPS) is 21.2. The number of nitrogens with one attached hydrogen (secondary N) is 2. The van der Waals surface area contributed by atoms with E-state index >= 15 is 0 Å². The molecule has 2 amide bonds. The average Bonchev–Trinajstić information content (AvgIpc) is 3.33. The maximum Gasteiger partial charge on any atom is 0.319 e. The lowest BCUT2D eigenvalue weighted by Crippen LogP contribution is -2.52. The Bertz CT molecular complexity index is 1160. The van der Waals surface area contributed by atoms with E-state index in [0.29, 0.717) is 12.0 Å². The van der Waals surface area contributed by atoms with Crippen LogP contribution in [0.1, 0.15) is 37.7 Å². The van der Waals surface area contributed by atoms with Gasteiger partial charge in [-0.3, -0.25) is 4.90 Å². The van der Waals surface area contributed by atoms with Crippen LogP contribution in [0.4, 0.5) is 10.5 Å². The summed E-state index contributed by atoms with van der Waals surface area (Å²) in [5.74, 6) is 1.48. The second-order valence-corrected chi connectivity index (χ2v) is 10.3. The fourth-order valence-electron chi connectivity index (χ4n) is 5.84. The Kier molecular flexibility index (Phi) is 7.45. The average molecular weight is 492 g/mol. The molecular weight excluding hydrogens is 458 g/mol. The molecule has 5 nitrogen and oxygen atoms in total. The maximum atomic E-state index is 12.9. The van der Waals surface area contributed by atoms with Crippen molar-refractivity contribution in [3.05, 3.63) is 71.2 Å². The monoisotopic (exact) mass is 491 g/mol. The Labute approximate surface area is 212 Å². The quantitative estimate of drug-likeness (QED) is 0.414. The summed E-state index contributed by atoms with van der Waals surface area (Å²) in [5, 5.41) is 9.19. The molecule has 6 heteroatoms. The van der Waals surface area contributed by atoms with Crippen LogP contribution in [0, 0.1) is 5.92 Å². The number of carbonyl (C=O) groups is 1. The van der Waals surface area contributed by atoms with Crippen molar-refractivity contribution in [3.8, 4) is 5.75 Å². The first kappa shape index (κ1) is 24.0. The highest BCUT2D eigenvalue weighted by molar-refractivity contribution is 6.30. The van der Waals surface area contributed by atoms with Gasteiger partial charge in [0.1, 0.15) is 5.75 Å². The number of amides is 2. The number of likely N-dealkylation sites (tertiary alicyclic amines) is 1. The summed E-state index contributed by atoms with van der Waals surface area (Å²) in [6, 6.07) is 20.7. The zero-order valence-corrected chi connectivity index (χ0v) is 21.1. The molecule has 1 saturated carbocycles. The molecule has 2 N–H and O–H groups in total. The summed E-state index contributed by atoms with van der Waals surface area (Å²) in [4.78, 5) is 15.5. The highest BCUT2D eigenvalue weighted by atomic mass is 35.5.